The molecule has 1 aliphatic carbocycles. The zero-order chi connectivity index (χ0) is 17.2. The zero-order valence-electron chi connectivity index (χ0n) is 14.1. The number of hydrogen-bond acceptors (Lipinski definition) is 4. The zero-order valence-corrected chi connectivity index (χ0v) is 14.9. The maximum Gasteiger partial charge on any atom is 0.317 e. The van der Waals surface area contributed by atoms with E-state index in [0.717, 1.165) is 22.9 Å². The van der Waals surface area contributed by atoms with Gasteiger partial charge in [0.15, 0.2) is 0 Å². The summed E-state index contributed by atoms with van der Waals surface area (Å²) in [5, 5.41) is 4.03. The SMILES string of the molecule is O=C(NC1CCCC1)N1CCN(C(=O)c2nsc3ccccc23)CC1. The fourth-order valence-corrected chi connectivity index (χ4v) is 4.41. The molecule has 1 N–H and O–H groups in total. The predicted molar refractivity (Wildman–Crippen MR) is 97.9 cm³/mol. The van der Waals surface area contributed by atoms with E-state index in [1.54, 1.807) is 4.90 Å². The second-order valence-electron chi connectivity index (χ2n) is 6.74. The first-order valence-electron chi connectivity index (χ1n) is 8.91. The van der Waals surface area contributed by atoms with Crippen molar-refractivity contribution in [3.05, 3.63) is 30.0 Å². The molecule has 0 atom stereocenters. The molecule has 0 spiro atoms. The van der Waals surface area contributed by atoms with E-state index in [9.17, 15) is 9.59 Å². The highest BCUT2D eigenvalue weighted by Gasteiger charge is 2.28. The molecule has 6 nitrogen and oxygen atoms in total. The average molecular weight is 358 g/mol. The molecule has 1 saturated carbocycles. The second-order valence-corrected chi connectivity index (χ2v) is 7.54. The van der Waals surface area contributed by atoms with Gasteiger partial charge < -0.3 is 15.1 Å². The van der Waals surface area contributed by atoms with Gasteiger partial charge in [0.05, 0.1) is 4.70 Å². The van der Waals surface area contributed by atoms with Crippen molar-refractivity contribution in [2.45, 2.75) is 31.7 Å². The van der Waals surface area contributed by atoms with Gasteiger partial charge in [-0.15, -0.1) is 0 Å². The Labute approximate surface area is 151 Å². The minimum Gasteiger partial charge on any atom is -0.335 e. The molecule has 0 unspecified atom stereocenters. The fraction of sp³-hybridized carbons (Fsp3) is 0.500. The van der Waals surface area contributed by atoms with Crippen molar-refractivity contribution in [1.29, 1.82) is 0 Å². The Balaban J connectivity index is 1.36. The molecular formula is C18H22N4O2S. The molecule has 1 aromatic carbocycles. The molecule has 1 saturated heterocycles. The highest BCUT2D eigenvalue weighted by Crippen LogP contribution is 2.24. The number of amides is 3. The number of hydrogen-bond donors (Lipinski definition) is 1. The van der Waals surface area contributed by atoms with Gasteiger partial charge in [-0.2, -0.15) is 4.37 Å². The van der Waals surface area contributed by atoms with Crippen LogP contribution in [0, 0.1) is 0 Å². The van der Waals surface area contributed by atoms with Crippen LogP contribution in [-0.2, 0) is 0 Å². The Morgan fingerprint density at radius 1 is 1.04 bits per heavy atom. The molecule has 2 fully saturated rings. The number of nitrogens with one attached hydrogen (secondary N) is 1. The summed E-state index contributed by atoms with van der Waals surface area (Å²) in [6, 6.07) is 8.15. The lowest BCUT2D eigenvalue weighted by molar-refractivity contribution is 0.0661. The van der Waals surface area contributed by atoms with Gasteiger partial charge >= 0.3 is 6.03 Å². The Kier molecular flexibility index (Phi) is 4.57. The maximum absolute atomic E-state index is 12.8. The van der Waals surface area contributed by atoms with Crippen LogP contribution < -0.4 is 5.32 Å². The number of benzene rings is 1. The van der Waals surface area contributed by atoms with E-state index in [4.69, 9.17) is 0 Å². The molecule has 2 heterocycles. The average Bonchev–Trinajstić information content (AvgIpc) is 3.31. The molecule has 2 aromatic rings. The van der Waals surface area contributed by atoms with E-state index >= 15 is 0 Å². The van der Waals surface area contributed by atoms with Crippen LogP contribution in [0.25, 0.3) is 10.1 Å². The summed E-state index contributed by atoms with van der Waals surface area (Å²) in [5.41, 5.74) is 0.532. The first kappa shape index (κ1) is 16.3. The molecule has 1 aliphatic heterocycles. The van der Waals surface area contributed by atoms with Gasteiger partial charge in [0.2, 0.25) is 0 Å². The topological polar surface area (TPSA) is 65.5 Å². The predicted octanol–water partition coefficient (Wildman–Crippen LogP) is 2.71. The van der Waals surface area contributed by atoms with Crippen LogP contribution in [0.2, 0.25) is 0 Å². The van der Waals surface area contributed by atoms with Gasteiger partial charge in [-0.25, -0.2) is 4.79 Å². The van der Waals surface area contributed by atoms with E-state index in [1.165, 1.54) is 24.4 Å². The summed E-state index contributed by atoms with van der Waals surface area (Å²) in [5.74, 6) is -0.0340. The molecule has 2 aliphatic rings. The number of carbonyl (C=O) groups excluding carboxylic acids is 2. The largest absolute Gasteiger partial charge is 0.335 e. The summed E-state index contributed by atoms with van der Waals surface area (Å²) in [6.45, 7) is 2.27. The molecule has 1 aromatic heterocycles. The summed E-state index contributed by atoms with van der Waals surface area (Å²) in [4.78, 5) is 28.7. The highest BCUT2D eigenvalue weighted by molar-refractivity contribution is 7.13. The van der Waals surface area contributed by atoms with E-state index in [-0.39, 0.29) is 11.9 Å². The number of piperazine rings is 1. The van der Waals surface area contributed by atoms with Crippen LogP contribution in [-0.4, -0.2) is 58.3 Å². The molecule has 3 amide bonds. The van der Waals surface area contributed by atoms with Crippen molar-refractivity contribution >= 4 is 33.6 Å². The highest BCUT2D eigenvalue weighted by atomic mass is 32.1. The summed E-state index contributed by atoms with van der Waals surface area (Å²) in [6.07, 6.45) is 4.58. The van der Waals surface area contributed by atoms with Crippen molar-refractivity contribution in [3.63, 3.8) is 0 Å². The third-order valence-corrected chi connectivity index (χ3v) is 5.94. The van der Waals surface area contributed by atoms with Gasteiger partial charge in [0.1, 0.15) is 5.69 Å². The van der Waals surface area contributed by atoms with Crippen LogP contribution >= 0.6 is 11.5 Å². The Morgan fingerprint density at radius 2 is 1.72 bits per heavy atom. The lowest BCUT2D eigenvalue weighted by atomic mass is 10.2. The Hall–Kier alpha value is -2.15. The van der Waals surface area contributed by atoms with Crippen molar-refractivity contribution in [3.8, 4) is 0 Å². The Morgan fingerprint density at radius 3 is 2.48 bits per heavy atom. The minimum absolute atomic E-state index is 0.0121. The maximum atomic E-state index is 12.8. The number of fused-ring (bicyclic) bond motifs is 1. The number of carbonyl (C=O) groups is 2. The first-order chi connectivity index (χ1) is 12.2. The standard InChI is InChI=1S/C18H22N4O2S/c23-17(16-14-7-3-4-8-15(14)25-20-16)21-9-11-22(12-10-21)18(24)19-13-5-1-2-6-13/h3-4,7-8,13H,1-2,5-6,9-12H2,(H,19,24). The van der Waals surface area contributed by atoms with Crippen LogP contribution in [0.15, 0.2) is 24.3 Å². The van der Waals surface area contributed by atoms with Crippen LogP contribution in [0.3, 0.4) is 0 Å². The number of rotatable bonds is 2. The third-order valence-electron chi connectivity index (χ3n) is 5.12. The summed E-state index contributed by atoms with van der Waals surface area (Å²) < 4.78 is 5.38. The Bertz CT molecular complexity index is 776. The van der Waals surface area contributed by atoms with Gasteiger partial charge in [0.25, 0.3) is 5.91 Å². The molecule has 0 radical (unpaired) electrons. The normalized spacial score (nSPS) is 18.7. The van der Waals surface area contributed by atoms with Crippen LogP contribution in [0.5, 0.6) is 0 Å². The smallest absolute Gasteiger partial charge is 0.317 e. The first-order valence-corrected chi connectivity index (χ1v) is 9.69. The van der Waals surface area contributed by atoms with Gasteiger partial charge in [-0.3, -0.25) is 4.79 Å². The molecule has 132 valence electrons. The third kappa shape index (κ3) is 3.33. The summed E-state index contributed by atoms with van der Waals surface area (Å²) >= 11 is 1.36. The lowest BCUT2D eigenvalue weighted by Gasteiger charge is -2.35. The van der Waals surface area contributed by atoms with Crippen molar-refractivity contribution in [1.82, 2.24) is 19.5 Å². The van der Waals surface area contributed by atoms with Gasteiger partial charge in [-0.1, -0.05) is 31.0 Å². The van der Waals surface area contributed by atoms with Crippen molar-refractivity contribution in [2.24, 2.45) is 0 Å². The number of nitrogens with zero attached hydrogens (tertiary/aromatic N) is 3. The van der Waals surface area contributed by atoms with Gasteiger partial charge in [-0.05, 0) is 30.4 Å². The number of urea groups is 1. The molecule has 7 heteroatoms. The second kappa shape index (κ2) is 7.00. The summed E-state index contributed by atoms with van der Waals surface area (Å²) in [7, 11) is 0. The number of aromatic nitrogens is 1. The minimum atomic E-state index is -0.0340. The molecule has 25 heavy (non-hydrogen) atoms. The molecule has 4 rings (SSSR count). The van der Waals surface area contributed by atoms with Crippen molar-refractivity contribution in [2.75, 3.05) is 26.2 Å². The lowest BCUT2D eigenvalue weighted by Crippen LogP contribution is -2.54. The van der Waals surface area contributed by atoms with E-state index in [2.05, 4.69) is 9.69 Å². The van der Waals surface area contributed by atoms with Crippen LogP contribution in [0.1, 0.15) is 36.2 Å². The van der Waals surface area contributed by atoms with E-state index in [1.807, 2.05) is 29.2 Å². The van der Waals surface area contributed by atoms with E-state index in [0.29, 0.717) is 37.9 Å². The van der Waals surface area contributed by atoms with Crippen LogP contribution in [0.4, 0.5) is 4.79 Å². The molecule has 0 bridgehead atoms. The van der Waals surface area contributed by atoms with E-state index < -0.39 is 0 Å². The van der Waals surface area contributed by atoms with Gasteiger partial charge in [0, 0.05) is 37.6 Å². The monoisotopic (exact) mass is 358 g/mol. The fourth-order valence-electron chi connectivity index (χ4n) is 3.64. The molecular weight excluding hydrogens is 336 g/mol. The quantitative estimate of drug-likeness (QED) is 0.898. The van der Waals surface area contributed by atoms with Crippen molar-refractivity contribution < 1.29 is 9.59 Å².